The summed E-state index contributed by atoms with van der Waals surface area (Å²) in [5.74, 6) is -0.193. The fourth-order valence-corrected chi connectivity index (χ4v) is 3.39. The number of carbonyl (C=O) groups excluding carboxylic acids is 1. The van der Waals surface area contributed by atoms with Gasteiger partial charge >= 0.3 is 0 Å². The maximum absolute atomic E-state index is 12.7. The molecule has 0 unspecified atom stereocenters. The number of hydrogen-bond acceptors (Lipinski definition) is 4. The Kier molecular flexibility index (Phi) is 4.25. The molecular formula is C22H18N6O. The summed E-state index contributed by atoms with van der Waals surface area (Å²) in [5.41, 5.74) is 4.73. The van der Waals surface area contributed by atoms with Crippen LogP contribution in [0.25, 0.3) is 22.6 Å². The first-order chi connectivity index (χ1) is 14.3. The minimum Gasteiger partial charge on any atom is -0.351 e. The molecule has 4 aromatic heterocycles. The van der Waals surface area contributed by atoms with Crippen molar-refractivity contribution in [3.05, 3.63) is 90.6 Å². The average Bonchev–Trinajstić information content (AvgIpc) is 3.38. The van der Waals surface area contributed by atoms with E-state index in [4.69, 9.17) is 0 Å². The van der Waals surface area contributed by atoms with Gasteiger partial charge < -0.3 is 9.72 Å². The Bertz CT molecular complexity index is 1270. The Morgan fingerprint density at radius 3 is 2.76 bits per heavy atom. The van der Waals surface area contributed by atoms with Crippen molar-refractivity contribution < 1.29 is 4.79 Å². The summed E-state index contributed by atoms with van der Waals surface area (Å²) in [6, 6.07) is 17.7. The van der Waals surface area contributed by atoms with Gasteiger partial charge in [0.05, 0.1) is 17.6 Å². The standard InChI is InChI=1S/C22H18N6O/c29-22(24-11-9-17-15-27-13-5-4-8-20(27)26-17)18-14-25-28-19(10-12-23-21(18)28)16-6-2-1-3-7-16/h1-8,10,12-15H,9,11H2,(H,24,29). The Balaban J connectivity index is 1.33. The molecule has 5 rings (SSSR count). The molecule has 0 aliphatic heterocycles. The van der Waals surface area contributed by atoms with Crippen LogP contribution in [0, 0.1) is 0 Å². The number of nitrogens with one attached hydrogen (secondary N) is 1. The van der Waals surface area contributed by atoms with Crippen molar-refractivity contribution in [3.8, 4) is 11.3 Å². The lowest BCUT2D eigenvalue weighted by Gasteiger charge is -2.05. The molecule has 0 bridgehead atoms. The van der Waals surface area contributed by atoms with Gasteiger partial charge in [-0.05, 0) is 18.2 Å². The minimum atomic E-state index is -0.193. The molecule has 0 spiro atoms. The van der Waals surface area contributed by atoms with Crippen LogP contribution in [0.5, 0.6) is 0 Å². The summed E-state index contributed by atoms with van der Waals surface area (Å²) in [5, 5.41) is 7.34. The van der Waals surface area contributed by atoms with Crippen LogP contribution >= 0.6 is 0 Å². The summed E-state index contributed by atoms with van der Waals surface area (Å²) < 4.78 is 3.67. The van der Waals surface area contributed by atoms with Crippen molar-refractivity contribution in [2.45, 2.75) is 6.42 Å². The van der Waals surface area contributed by atoms with Crippen LogP contribution in [0.15, 0.2) is 79.4 Å². The first kappa shape index (κ1) is 17.1. The second-order valence-electron chi connectivity index (χ2n) is 6.69. The average molecular weight is 382 g/mol. The van der Waals surface area contributed by atoms with E-state index in [-0.39, 0.29) is 5.91 Å². The third-order valence-corrected chi connectivity index (χ3v) is 4.80. The van der Waals surface area contributed by atoms with E-state index in [9.17, 15) is 4.79 Å². The summed E-state index contributed by atoms with van der Waals surface area (Å²) >= 11 is 0. The molecule has 0 fully saturated rings. The highest BCUT2D eigenvalue weighted by molar-refractivity contribution is 5.99. The van der Waals surface area contributed by atoms with Gasteiger partial charge in [0.25, 0.3) is 5.91 Å². The summed E-state index contributed by atoms with van der Waals surface area (Å²) in [6.45, 7) is 0.485. The van der Waals surface area contributed by atoms with Crippen LogP contribution < -0.4 is 5.32 Å². The van der Waals surface area contributed by atoms with Crippen LogP contribution in [0.1, 0.15) is 16.1 Å². The third-order valence-electron chi connectivity index (χ3n) is 4.80. The number of fused-ring (bicyclic) bond motifs is 2. The molecule has 1 amide bonds. The van der Waals surface area contributed by atoms with E-state index in [1.807, 2.05) is 71.4 Å². The molecule has 7 nitrogen and oxygen atoms in total. The van der Waals surface area contributed by atoms with Crippen molar-refractivity contribution in [2.24, 2.45) is 0 Å². The predicted octanol–water partition coefficient (Wildman–Crippen LogP) is 3.02. The molecular weight excluding hydrogens is 364 g/mol. The molecule has 0 saturated carbocycles. The van der Waals surface area contributed by atoms with Gasteiger partial charge in [0, 0.05) is 37.1 Å². The first-order valence-electron chi connectivity index (χ1n) is 9.38. The molecule has 29 heavy (non-hydrogen) atoms. The molecule has 0 aliphatic carbocycles. The largest absolute Gasteiger partial charge is 0.351 e. The van der Waals surface area contributed by atoms with Crippen LogP contribution in [-0.2, 0) is 6.42 Å². The number of aromatic nitrogens is 5. The smallest absolute Gasteiger partial charge is 0.256 e. The van der Waals surface area contributed by atoms with Gasteiger partial charge in [0.15, 0.2) is 5.65 Å². The number of carbonyl (C=O) groups is 1. The van der Waals surface area contributed by atoms with Crippen molar-refractivity contribution >= 4 is 17.2 Å². The number of nitrogens with zero attached hydrogens (tertiary/aromatic N) is 5. The van der Waals surface area contributed by atoms with E-state index in [0.717, 1.165) is 22.6 Å². The second kappa shape index (κ2) is 7.20. The van der Waals surface area contributed by atoms with Gasteiger partial charge in [-0.2, -0.15) is 5.10 Å². The van der Waals surface area contributed by atoms with Crippen LogP contribution in [-0.4, -0.2) is 36.4 Å². The SMILES string of the molecule is O=C(NCCc1cn2ccccc2n1)c1cnn2c(-c3ccccc3)ccnc12. The highest BCUT2D eigenvalue weighted by Crippen LogP contribution is 2.20. The van der Waals surface area contributed by atoms with Crippen LogP contribution in [0.4, 0.5) is 0 Å². The van der Waals surface area contributed by atoms with E-state index in [1.165, 1.54) is 0 Å². The van der Waals surface area contributed by atoms with Gasteiger partial charge in [0.1, 0.15) is 11.2 Å². The number of imidazole rings is 1. The lowest BCUT2D eigenvalue weighted by Crippen LogP contribution is -2.25. The Hall–Kier alpha value is -4.00. The number of pyridine rings is 1. The third kappa shape index (κ3) is 3.23. The fourth-order valence-electron chi connectivity index (χ4n) is 3.39. The zero-order valence-corrected chi connectivity index (χ0v) is 15.6. The van der Waals surface area contributed by atoms with E-state index in [0.29, 0.717) is 24.2 Å². The highest BCUT2D eigenvalue weighted by atomic mass is 16.1. The van der Waals surface area contributed by atoms with Gasteiger partial charge in [0.2, 0.25) is 0 Å². The number of hydrogen-bond donors (Lipinski definition) is 1. The molecule has 142 valence electrons. The molecule has 0 atom stereocenters. The zero-order valence-electron chi connectivity index (χ0n) is 15.6. The van der Waals surface area contributed by atoms with Gasteiger partial charge in [-0.15, -0.1) is 0 Å². The lowest BCUT2D eigenvalue weighted by molar-refractivity contribution is 0.0955. The van der Waals surface area contributed by atoms with Crippen LogP contribution in [0.3, 0.4) is 0 Å². The fraction of sp³-hybridized carbons (Fsp3) is 0.0909. The lowest BCUT2D eigenvalue weighted by atomic mass is 10.1. The van der Waals surface area contributed by atoms with E-state index < -0.39 is 0 Å². The Morgan fingerprint density at radius 1 is 1.03 bits per heavy atom. The Labute approximate surface area is 166 Å². The molecule has 1 N–H and O–H groups in total. The summed E-state index contributed by atoms with van der Waals surface area (Å²) in [7, 11) is 0. The van der Waals surface area contributed by atoms with Crippen LogP contribution in [0.2, 0.25) is 0 Å². The van der Waals surface area contributed by atoms with Gasteiger partial charge in [-0.1, -0.05) is 36.4 Å². The topological polar surface area (TPSA) is 76.6 Å². The molecule has 1 aromatic carbocycles. The minimum absolute atomic E-state index is 0.193. The summed E-state index contributed by atoms with van der Waals surface area (Å²) in [4.78, 5) is 21.6. The molecule has 0 saturated heterocycles. The van der Waals surface area contributed by atoms with Gasteiger partial charge in [-0.25, -0.2) is 14.5 Å². The molecule has 7 heteroatoms. The zero-order chi connectivity index (χ0) is 19.6. The number of rotatable bonds is 5. The van der Waals surface area contributed by atoms with E-state index in [2.05, 4.69) is 20.4 Å². The quantitative estimate of drug-likeness (QED) is 0.507. The van der Waals surface area contributed by atoms with Crippen molar-refractivity contribution in [1.82, 2.24) is 29.3 Å². The molecule has 5 aromatic rings. The summed E-state index contributed by atoms with van der Waals surface area (Å²) in [6.07, 6.45) is 7.85. The highest BCUT2D eigenvalue weighted by Gasteiger charge is 2.16. The molecule has 0 aliphatic rings. The number of benzene rings is 1. The van der Waals surface area contributed by atoms with Crippen molar-refractivity contribution in [2.75, 3.05) is 6.54 Å². The molecule has 4 heterocycles. The Morgan fingerprint density at radius 2 is 1.90 bits per heavy atom. The number of amides is 1. The van der Waals surface area contributed by atoms with E-state index >= 15 is 0 Å². The van der Waals surface area contributed by atoms with Crippen molar-refractivity contribution in [3.63, 3.8) is 0 Å². The predicted molar refractivity (Wildman–Crippen MR) is 110 cm³/mol. The monoisotopic (exact) mass is 382 g/mol. The van der Waals surface area contributed by atoms with Crippen molar-refractivity contribution in [1.29, 1.82) is 0 Å². The normalized spacial score (nSPS) is 11.2. The van der Waals surface area contributed by atoms with Gasteiger partial charge in [-0.3, -0.25) is 4.79 Å². The maximum atomic E-state index is 12.7. The maximum Gasteiger partial charge on any atom is 0.256 e. The first-order valence-corrected chi connectivity index (χ1v) is 9.38. The van der Waals surface area contributed by atoms with E-state index in [1.54, 1.807) is 16.9 Å². The molecule has 0 radical (unpaired) electrons. The second-order valence-corrected chi connectivity index (χ2v) is 6.69.